The van der Waals surface area contributed by atoms with E-state index in [2.05, 4.69) is 20.4 Å². The van der Waals surface area contributed by atoms with Crippen LogP contribution >= 0.6 is 0 Å². The maximum Gasteiger partial charge on any atom is 0.234 e. The number of carbonyl (C=O) groups excluding carboxylic acids is 1. The van der Waals surface area contributed by atoms with E-state index in [4.69, 9.17) is 4.52 Å². The first-order valence-corrected chi connectivity index (χ1v) is 9.80. The van der Waals surface area contributed by atoms with Crippen molar-refractivity contribution in [2.75, 3.05) is 19.6 Å². The van der Waals surface area contributed by atoms with E-state index < -0.39 is 0 Å². The first kappa shape index (κ1) is 19.3. The van der Waals surface area contributed by atoms with Crippen molar-refractivity contribution in [3.63, 3.8) is 0 Å². The second-order valence-electron chi connectivity index (χ2n) is 7.30. The number of halogens is 1. The summed E-state index contributed by atoms with van der Waals surface area (Å²) in [6.07, 6.45) is 1.90. The highest BCUT2D eigenvalue weighted by Gasteiger charge is 2.27. The third kappa shape index (κ3) is 5.06. The van der Waals surface area contributed by atoms with E-state index in [0.717, 1.165) is 24.9 Å². The van der Waals surface area contributed by atoms with E-state index >= 15 is 0 Å². The van der Waals surface area contributed by atoms with Crippen molar-refractivity contribution < 1.29 is 13.7 Å². The second-order valence-corrected chi connectivity index (χ2v) is 7.30. The summed E-state index contributed by atoms with van der Waals surface area (Å²) in [6.45, 7) is 2.45. The van der Waals surface area contributed by atoms with E-state index in [0.29, 0.717) is 36.9 Å². The van der Waals surface area contributed by atoms with Crippen LogP contribution in [0.5, 0.6) is 0 Å². The number of carbonyl (C=O) groups is 1. The molecule has 1 aliphatic heterocycles. The van der Waals surface area contributed by atoms with Crippen molar-refractivity contribution in [1.82, 2.24) is 20.4 Å². The third-order valence-corrected chi connectivity index (χ3v) is 5.10. The Morgan fingerprint density at radius 3 is 2.76 bits per heavy atom. The zero-order valence-corrected chi connectivity index (χ0v) is 16.1. The number of likely N-dealkylation sites (tertiary alicyclic amines) is 1. The lowest BCUT2D eigenvalue weighted by Crippen LogP contribution is -2.41. The SMILES string of the molecule is O=C(CN1CCCC(c2nc(-c3ccc(F)cc3)no2)C1)NCc1ccccc1. The van der Waals surface area contributed by atoms with Crippen molar-refractivity contribution in [2.24, 2.45) is 0 Å². The Morgan fingerprint density at radius 1 is 1.17 bits per heavy atom. The standard InChI is InChI=1S/C22H23FN4O2/c23-19-10-8-17(9-11-19)21-25-22(29-26-21)18-7-4-12-27(14-18)15-20(28)24-13-16-5-2-1-3-6-16/h1-3,5-6,8-11,18H,4,7,12-15H2,(H,24,28). The van der Waals surface area contributed by atoms with Gasteiger partial charge in [-0.2, -0.15) is 4.98 Å². The lowest BCUT2D eigenvalue weighted by atomic mass is 9.98. The van der Waals surface area contributed by atoms with Crippen molar-refractivity contribution >= 4 is 5.91 Å². The predicted molar refractivity (Wildman–Crippen MR) is 106 cm³/mol. The molecule has 1 aromatic heterocycles. The minimum atomic E-state index is -0.300. The van der Waals surface area contributed by atoms with Crippen LogP contribution in [0.15, 0.2) is 59.1 Å². The van der Waals surface area contributed by atoms with Gasteiger partial charge in [0.25, 0.3) is 0 Å². The van der Waals surface area contributed by atoms with Crippen molar-refractivity contribution in [1.29, 1.82) is 0 Å². The highest BCUT2D eigenvalue weighted by Crippen LogP contribution is 2.27. The second kappa shape index (κ2) is 8.96. The molecule has 1 fully saturated rings. The lowest BCUT2D eigenvalue weighted by molar-refractivity contribution is -0.122. The Bertz CT molecular complexity index is 943. The molecular formula is C22H23FN4O2. The first-order valence-electron chi connectivity index (χ1n) is 9.80. The van der Waals surface area contributed by atoms with Crippen LogP contribution in [0.1, 0.15) is 30.2 Å². The van der Waals surface area contributed by atoms with Gasteiger partial charge in [-0.05, 0) is 49.2 Å². The van der Waals surface area contributed by atoms with Crippen LogP contribution in [0, 0.1) is 5.82 Å². The molecule has 1 atom stereocenters. The number of piperidine rings is 1. The summed E-state index contributed by atoms with van der Waals surface area (Å²) in [6, 6.07) is 15.9. The molecule has 2 heterocycles. The summed E-state index contributed by atoms with van der Waals surface area (Å²) in [5.41, 5.74) is 1.80. The van der Waals surface area contributed by atoms with Gasteiger partial charge in [0.1, 0.15) is 5.82 Å². The summed E-state index contributed by atoms with van der Waals surface area (Å²) < 4.78 is 18.6. The smallest absolute Gasteiger partial charge is 0.234 e. The largest absolute Gasteiger partial charge is 0.351 e. The van der Waals surface area contributed by atoms with Crippen LogP contribution in [0.4, 0.5) is 4.39 Å². The molecule has 1 amide bonds. The zero-order chi connectivity index (χ0) is 20.1. The van der Waals surface area contributed by atoms with Crippen LogP contribution in [-0.4, -0.2) is 40.6 Å². The number of rotatable bonds is 6. The van der Waals surface area contributed by atoms with Gasteiger partial charge in [-0.1, -0.05) is 35.5 Å². The number of nitrogens with one attached hydrogen (secondary N) is 1. The van der Waals surface area contributed by atoms with Crippen molar-refractivity contribution in [3.8, 4) is 11.4 Å². The van der Waals surface area contributed by atoms with E-state index in [1.807, 2.05) is 30.3 Å². The minimum Gasteiger partial charge on any atom is -0.351 e. The van der Waals surface area contributed by atoms with E-state index in [-0.39, 0.29) is 17.6 Å². The molecule has 1 N–H and O–H groups in total. The van der Waals surface area contributed by atoms with Gasteiger partial charge in [0.2, 0.25) is 17.6 Å². The van der Waals surface area contributed by atoms with Crippen LogP contribution < -0.4 is 5.32 Å². The molecule has 7 heteroatoms. The lowest BCUT2D eigenvalue weighted by Gasteiger charge is -2.30. The van der Waals surface area contributed by atoms with Crippen LogP contribution in [0.2, 0.25) is 0 Å². The fourth-order valence-corrected chi connectivity index (χ4v) is 3.57. The highest BCUT2D eigenvalue weighted by atomic mass is 19.1. The summed E-state index contributed by atoms with van der Waals surface area (Å²) in [5, 5.41) is 7.00. The summed E-state index contributed by atoms with van der Waals surface area (Å²) in [4.78, 5) is 18.9. The maximum absolute atomic E-state index is 13.1. The number of benzene rings is 2. The quantitative estimate of drug-likeness (QED) is 0.694. The van der Waals surface area contributed by atoms with Crippen LogP contribution in [-0.2, 0) is 11.3 Å². The number of hydrogen-bond acceptors (Lipinski definition) is 5. The molecule has 0 spiro atoms. The first-order chi connectivity index (χ1) is 14.2. The van der Waals surface area contributed by atoms with Gasteiger partial charge < -0.3 is 9.84 Å². The van der Waals surface area contributed by atoms with Crippen LogP contribution in [0.25, 0.3) is 11.4 Å². The molecule has 3 aromatic rings. The van der Waals surface area contributed by atoms with Gasteiger partial charge in [-0.25, -0.2) is 4.39 Å². The number of aromatic nitrogens is 2. The average Bonchev–Trinajstić information content (AvgIpc) is 3.24. The van der Waals surface area contributed by atoms with E-state index in [1.54, 1.807) is 12.1 Å². The van der Waals surface area contributed by atoms with Gasteiger partial charge in [0, 0.05) is 18.7 Å². The molecule has 29 heavy (non-hydrogen) atoms. The predicted octanol–water partition coefficient (Wildman–Crippen LogP) is 3.37. The highest BCUT2D eigenvalue weighted by molar-refractivity contribution is 5.78. The normalized spacial score (nSPS) is 17.2. The molecule has 6 nitrogen and oxygen atoms in total. The van der Waals surface area contributed by atoms with Gasteiger partial charge in [-0.3, -0.25) is 9.69 Å². The molecule has 0 aliphatic carbocycles. The van der Waals surface area contributed by atoms with Crippen LogP contribution in [0.3, 0.4) is 0 Å². The van der Waals surface area contributed by atoms with E-state index in [1.165, 1.54) is 12.1 Å². The molecule has 1 unspecified atom stereocenters. The monoisotopic (exact) mass is 394 g/mol. The summed E-state index contributed by atoms with van der Waals surface area (Å²) in [7, 11) is 0. The Labute approximate surface area is 168 Å². The molecule has 0 radical (unpaired) electrons. The molecule has 4 rings (SSSR count). The zero-order valence-electron chi connectivity index (χ0n) is 16.1. The Morgan fingerprint density at radius 2 is 1.97 bits per heavy atom. The molecule has 0 saturated carbocycles. The number of hydrogen-bond donors (Lipinski definition) is 1. The molecule has 1 aliphatic rings. The molecule has 2 aromatic carbocycles. The molecule has 150 valence electrons. The van der Waals surface area contributed by atoms with Crippen molar-refractivity contribution in [2.45, 2.75) is 25.3 Å². The topological polar surface area (TPSA) is 71.3 Å². The van der Waals surface area contributed by atoms with Gasteiger partial charge in [-0.15, -0.1) is 0 Å². The fraction of sp³-hybridized carbons (Fsp3) is 0.318. The van der Waals surface area contributed by atoms with Gasteiger partial charge >= 0.3 is 0 Å². The van der Waals surface area contributed by atoms with Gasteiger partial charge in [0.15, 0.2) is 0 Å². The Balaban J connectivity index is 1.32. The number of nitrogens with zero attached hydrogens (tertiary/aromatic N) is 3. The summed E-state index contributed by atoms with van der Waals surface area (Å²) >= 11 is 0. The Kier molecular flexibility index (Phi) is 5.95. The number of amides is 1. The molecular weight excluding hydrogens is 371 g/mol. The Hall–Kier alpha value is -3.06. The van der Waals surface area contributed by atoms with Crippen molar-refractivity contribution in [3.05, 3.63) is 71.9 Å². The van der Waals surface area contributed by atoms with E-state index in [9.17, 15) is 9.18 Å². The molecule has 0 bridgehead atoms. The third-order valence-electron chi connectivity index (χ3n) is 5.10. The summed E-state index contributed by atoms with van der Waals surface area (Å²) in [5.74, 6) is 0.821. The van der Waals surface area contributed by atoms with Gasteiger partial charge in [0.05, 0.1) is 12.5 Å². The minimum absolute atomic E-state index is 0.00651. The molecule has 1 saturated heterocycles. The fourth-order valence-electron chi connectivity index (χ4n) is 3.57. The maximum atomic E-state index is 13.1. The average molecular weight is 394 g/mol.